The lowest BCUT2D eigenvalue weighted by Crippen LogP contribution is -2.38. The summed E-state index contributed by atoms with van der Waals surface area (Å²) in [6.45, 7) is 5.51. The Hall–Kier alpha value is -2.29. The van der Waals surface area contributed by atoms with Gasteiger partial charge in [-0.3, -0.25) is 4.79 Å². The topological polar surface area (TPSA) is 74.8 Å². The van der Waals surface area contributed by atoms with Gasteiger partial charge in [-0.1, -0.05) is 42.5 Å². The van der Waals surface area contributed by atoms with Crippen LogP contribution in [0.5, 0.6) is 5.75 Å². The molecule has 6 nitrogen and oxygen atoms in total. The summed E-state index contributed by atoms with van der Waals surface area (Å²) in [6, 6.07) is 18.5. The van der Waals surface area contributed by atoms with Crippen molar-refractivity contribution in [1.82, 2.24) is 16.0 Å². The van der Waals surface area contributed by atoms with Gasteiger partial charge in [-0.2, -0.15) is 0 Å². The van der Waals surface area contributed by atoms with Crippen LogP contribution < -0.4 is 20.7 Å². The lowest BCUT2D eigenvalue weighted by molar-refractivity contribution is -0.123. The van der Waals surface area contributed by atoms with E-state index >= 15 is 0 Å². The van der Waals surface area contributed by atoms with E-state index in [9.17, 15) is 4.79 Å². The Kier molecular flexibility index (Phi) is 9.93. The molecule has 3 N–H and O–H groups in total. The smallest absolute Gasteiger partial charge is 0.258 e. The van der Waals surface area contributed by atoms with Gasteiger partial charge in [0.1, 0.15) is 5.75 Å². The molecule has 162 valence electrons. The van der Waals surface area contributed by atoms with E-state index in [2.05, 4.69) is 35.0 Å². The molecular weight excluding hydrogens is 491 g/mol. The van der Waals surface area contributed by atoms with Crippen LogP contribution in [0.4, 0.5) is 0 Å². The highest BCUT2D eigenvalue weighted by Gasteiger charge is 2.23. The van der Waals surface area contributed by atoms with E-state index in [-0.39, 0.29) is 42.5 Å². The van der Waals surface area contributed by atoms with E-state index in [0.717, 1.165) is 30.9 Å². The third kappa shape index (κ3) is 8.22. The number of halogens is 1. The highest BCUT2D eigenvalue weighted by Crippen LogP contribution is 2.19. The Balaban J connectivity index is 0.00000320. The standard InChI is InChI=1S/C23H30N4O2.HI/c1-3-24-23(26-17(2)19-9-5-4-6-10-19)25-15-18-8-7-11-21(14-18)29-16-22(28)27-20-12-13-20;/h4-11,14,17,20H,3,12-13,15-16H2,1-2H3,(H,27,28)(H2,24,25,26);1H. The van der Waals surface area contributed by atoms with Gasteiger partial charge in [0.05, 0.1) is 12.6 Å². The molecule has 1 unspecified atom stereocenters. The molecule has 7 heteroatoms. The fourth-order valence-corrected chi connectivity index (χ4v) is 2.90. The molecule has 30 heavy (non-hydrogen) atoms. The maximum absolute atomic E-state index is 11.8. The van der Waals surface area contributed by atoms with Crippen LogP contribution in [0.15, 0.2) is 59.6 Å². The molecule has 0 aliphatic heterocycles. The van der Waals surface area contributed by atoms with Gasteiger partial charge in [-0.25, -0.2) is 4.99 Å². The van der Waals surface area contributed by atoms with Crippen molar-refractivity contribution < 1.29 is 9.53 Å². The average Bonchev–Trinajstić information content (AvgIpc) is 3.55. The van der Waals surface area contributed by atoms with Crippen LogP contribution in [0.1, 0.15) is 43.9 Å². The molecule has 0 saturated heterocycles. The predicted molar refractivity (Wildman–Crippen MR) is 131 cm³/mol. The van der Waals surface area contributed by atoms with E-state index in [4.69, 9.17) is 9.73 Å². The summed E-state index contributed by atoms with van der Waals surface area (Å²) in [5.41, 5.74) is 2.23. The zero-order valence-corrected chi connectivity index (χ0v) is 19.9. The number of benzene rings is 2. The predicted octanol–water partition coefficient (Wildman–Crippen LogP) is 3.78. The van der Waals surface area contributed by atoms with Gasteiger partial charge in [0.25, 0.3) is 5.91 Å². The van der Waals surface area contributed by atoms with Gasteiger partial charge in [0.15, 0.2) is 12.6 Å². The van der Waals surface area contributed by atoms with E-state index in [1.165, 1.54) is 5.56 Å². The van der Waals surface area contributed by atoms with Crippen molar-refractivity contribution in [1.29, 1.82) is 0 Å². The number of carbonyl (C=O) groups is 1. The van der Waals surface area contributed by atoms with Crippen molar-refractivity contribution in [2.45, 2.75) is 45.3 Å². The second-order valence-electron chi connectivity index (χ2n) is 7.25. The van der Waals surface area contributed by atoms with Crippen LogP contribution in [0, 0.1) is 0 Å². The quantitative estimate of drug-likeness (QED) is 0.266. The molecule has 1 saturated carbocycles. The fraction of sp³-hybridized carbons (Fsp3) is 0.391. The highest BCUT2D eigenvalue weighted by molar-refractivity contribution is 14.0. The van der Waals surface area contributed by atoms with Gasteiger partial charge in [0.2, 0.25) is 0 Å². The molecule has 0 radical (unpaired) electrons. The molecule has 1 atom stereocenters. The molecule has 0 spiro atoms. The maximum atomic E-state index is 11.8. The molecule has 2 aromatic rings. The number of guanidine groups is 1. The molecule has 1 amide bonds. The molecular formula is C23H31IN4O2. The minimum absolute atomic E-state index is 0. The Labute approximate surface area is 195 Å². The number of hydrogen-bond donors (Lipinski definition) is 3. The number of nitrogens with zero attached hydrogens (tertiary/aromatic N) is 1. The van der Waals surface area contributed by atoms with E-state index in [0.29, 0.717) is 18.3 Å². The lowest BCUT2D eigenvalue weighted by Gasteiger charge is -2.18. The number of rotatable bonds is 9. The molecule has 0 aromatic heterocycles. The molecule has 1 aliphatic carbocycles. The first-order valence-electron chi connectivity index (χ1n) is 10.2. The van der Waals surface area contributed by atoms with E-state index < -0.39 is 0 Å². The zero-order valence-electron chi connectivity index (χ0n) is 17.6. The number of amides is 1. The summed E-state index contributed by atoms with van der Waals surface area (Å²) in [7, 11) is 0. The monoisotopic (exact) mass is 522 g/mol. The Morgan fingerprint density at radius 1 is 1.17 bits per heavy atom. The number of aliphatic imine (C=N–C) groups is 1. The molecule has 0 bridgehead atoms. The van der Waals surface area contributed by atoms with Gasteiger partial charge < -0.3 is 20.7 Å². The van der Waals surface area contributed by atoms with Crippen LogP contribution in [0.25, 0.3) is 0 Å². The van der Waals surface area contributed by atoms with Crippen LogP contribution in [-0.4, -0.2) is 31.1 Å². The van der Waals surface area contributed by atoms with Gasteiger partial charge >= 0.3 is 0 Å². The molecule has 0 heterocycles. The summed E-state index contributed by atoms with van der Waals surface area (Å²) in [6.07, 6.45) is 2.15. The van der Waals surface area contributed by atoms with Crippen molar-refractivity contribution in [3.05, 3.63) is 65.7 Å². The summed E-state index contributed by atoms with van der Waals surface area (Å²) >= 11 is 0. The number of ether oxygens (including phenoxy) is 1. The molecule has 3 rings (SSSR count). The van der Waals surface area contributed by atoms with Crippen molar-refractivity contribution >= 4 is 35.8 Å². The van der Waals surface area contributed by atoms with Crippen LogP contribution in [0.3, 0.4) is 0 Å². The minimum Gasteiger partial charge on any atom is -0.484 e. The third-order valence-corrected chi connectivity index (χ3v) is 4.63. The molecule has 2 aromatic carbocycles. The maximum Gasteiger partial charge on any atom is 0.258 e. The first kappa shape index (κ1) is 24.0. The van der Waals surface area contributed by atoms with E-state index in [1.54, 1.807) is 0 Å². The molecule has 1 aliphatic rings. The van der Waals surface area contributed by atoms with Crippen LogP contribution >= 0.6 is 24.0 Å². The van der Waals surface area contributed by atoms with Crippen molar-refractivity contribution in [2.24, 2.45) is 4.99 Å². The van der Waals surface area contributed by atoms with E-state index in [1.807, 2.05) is 49.4 Å². The van der Waals surface area contributed by atoms with Crippen molar-refractivity contribution in [3.63, 3.8) is 0 Å². The third-order valence-electron chi connectivity index (χ3n) is 4.63. The van der Waals surface area contributed by atoms with Gasteiger partial charge in [-0.15, -0.1) is 24.0 Å². The van der Waals surface area contributed by atoms with Crippen molar-refractivity contribution in [3.8, 4) is 5.75 Å². The second-order valence-corrected chi connectivity index (χ2v) is 7.25. The second kappa shape index (κ2) is 12.4. The lowest BCUT2D eigenvalue weighted by atomic mass is 10.1. The Morgan fingerprint density at radius 2 is 1.93 bits per heavy atom. The average molecular weight is 522 g/mol. The number of nitrogens with one attached hydrogen (secondary N) is 3. The fourth-order valence-electron chi connectivity index (χ4n) is 2.90. The highest BCUT2D eigenvalue weighted by atomic mass is 127. The summed E-state index contributed by atoms with van der Waals surface area (Å²) in [4.78, 5) is 16.5. The molecule has 1 fully saturated rings. The van der Waals surface area contributed by atoms with Crippen LogP contribution in [-0.2, 0) is 11.3 Å². The van der Waals surface area contributed by atoms with Crippen LogP contribution in [0.2, 0.25) is 0 Å². The number of carbonyl (C=O) groups excluding carboxylic acids is 1. The SMILES string of the molecule is CCNC(=NCc1cccc(OCC(=O)NC2CC2)c1)NC(C)c1ccccc1.I. The summed E-state index contributed by atoms with van der Waals surface area (Å²) < 4.78 is 5.62. The number of hydrogen-bond acceptors (Lipinski definition) is 3. The summed E-state index contributed by atoms with van der Waals surface area (Å²) in [5.74, 6) is 1.38. The zero-order chi connectivity index (χ0) is 20.5. The van der Waals surface area contributed by atoms with Gasteiger partial charge in [-0.05, 0) is 49.9 Å². The largest absolute Gasteiger partial charge is 0.484 e. The first-order valence-corrected chi connectivity index (χ1v) is 10.2. The first-order chi connectivity index (χ1) is 14.1. The Bertz CT molecular complexity index is 825. The van der Waals surface area contributed by atoms with Gasteiger partial charge in [0, 0.05) is 12.6 Å². The minimum atomic E-state index is -0.0653. The Morgan fingerprint density at radius 3 is 2.63 bits per heavy atom. The normalized spacial score (nSPS) is 14.3. The summed E-state index contributed by atoms with van der Waals surface area (Å²) in [5, 5.41) is 9.65. The van der Waals surface area contributed by atoms with Crippen molar-refractivity contribution in [2.75, 3.05) is 13.2 Å².